The van der Waals surface area contributed by atoms with E-state index in [1.54, 1.807) is 25.1 Å². The van der Waals surface area contributed by atoms with E-state index < -0.39 is 5.82 Å². The highest BCUT2D eigenvalue weighted by atomic mass is 19.1. The van der Waals surface area contributed by atoms with Crippen molar-refractivity contribution >= 4 is 11.5 Å². The molecule has 0 saturated carbocycles. The van der Waals surface area contributed by atoms with Gasteiger partial charge in [0.25, 0.3) is 0 Å². The molecule has 2 N–H and O–H groups in total. The molecule has 0 aliphatic carbocycles. The normalized spacial score (nSPS) is 10.2. The van der Waals surface area contributed by atoms with Crippen LogP contribution in [0.4, 0.5) is 10.1 Å². The Balaban J connectivity index is 2.45. The molecule has 0 atom stereocenters. The molecule has 4 nitrogen and oxygen atoms in total. The SMILES string of the molecule is CCOc1c(N)cccc1C(=O)c1ccc(OC)c(F)c1. The van der Waals surface area contributed by atoms with E-state index >= 15 is 0 Å². The molecule has 0 bridgehead atoms. The first kappa shape index (κ1) is 14.8. The van der Waals surface area contributed by atoms with Crippen LogP contribution in [0.5, 0.6) is 11.5 Å². The van der Waals surface area contributed by atoms with Crippen LogP contribution in [0.2, 0.25) is 0 Å². The number of hydrogen-bond donors (Lipinski definition) is 1. The predicted octanol–water partition coefficient (Wildman–Crippen LogP) is 3.05. The fraction of sp³-hybridized carbons (Fsp3) is 0.188. The monoisotopic (exact) mass is 289 g/mol. The zero-order chi connectivity index (χ0) is 15.4. The van der Waals surface area contributed by atoms with Gasteiger partial charge in [-0.1, -0.05) is 6.07 Å². The number of nitrogen functional groups attached to an aromatic ring is 1. The van der Waals surface area contributed by atoms with Gasteiger partial charge in [0.15, 0.2) is 23.1 Å². The van der Waals surface area contributed by atoms with Gasteiger partial charge in [-0.05, 0) is 37.3 Å². The number of anilines is 1. The minimum atomic E-state index is -0.592. The standard InChI is InChI=1S/C16H16FNO3/c1-3-21-16-11(5-4-6-13(16)18)15(19)10-7-8-14(20-2)12(17)9-10/h4-9H,3,18H2,1-2H3. The maximum atomic E-state index is 13.7. The van der Waals surface area contributed by atoms with Gasteiger partial charge in [-0.3, -0.25) is 4.79 Å². The Labute approximate surface area is 122 Å². The van der Waals surface area contributed by atoms with Crippen molar-refractivity contribution < 1.29 is 18.7 Å². The third-order valence-corrected chi connectivity index (χ3v) is 2.99. The second-order valence-corrected chi connectivity index (χ2v) is 4.34. The maximum absolute atomic E-state index is 13.7. The second kappa shape index (κ2) is 6.26. The molecule has 0 radical (unpaired) electrons. The lowest BCUT2D eigenvalue weighted by molar-refractivity contribution is 0.103. The van der Waals surface area contributed by atoms with Crippen LogP contribution >= 0.6 is 0 Å². The van der Waals surface area contributed by atoms with Crippen LogP contribution in [-0.2, 0) is 0 Å². The Morgan fingerprint density at radius 3 is 2.67 bits per heavy atom. The molecule has 2 aromatic carbocycles. The molecule has 0 spiro atoms. The van der Waals surface area contributed by atoms with Crippen LogP contribution < -0.4 is 15.2 Å². The molecule has 0 heterocycles. The molecule has 2 rings (SSSR count). The zero-order valence-electron chi connectivity index (χ0n) is 11.9. The lowest BCUT2D eigenvalue weighted by Gasteiger charge is -2.12. The summed E-state index contributed by atoms with van der Waals surface area (Å²) < 4.78 is 24.0. The molecule has 5 heteroatoms. The molecule has 0 aliphatic rings. The topological polar surface area (TPSA) is 61.5 Å². The molecular weight excluding hydrogens is 273 g/mol. The quantitative estimate of drug-likeness (QED) is 0.679. The first-order valence-corrected chi connectivity index (χ1v) is 6.48. The molecule has 0 aromatic heterocycles. The van der Waals surface area contributed by atoms with E-state index in [-0.39, 0.29) is 17.1 Å². The molecule has 0 unspecified atom stereocenters. The number of methoxy groups -OCH3 is 1. The summed E-state index contributed by atoms with van der Waals surface area (Å²) in [4.78, 5) is 12.5. The number of hydrogen-bond acceptors (Lipinski definition) is 4. The van der Waals surface area contributed by atoms with Crippen LogP contribution in [0.25, 0.3) is 0 Å². The third-order valence-electron chi connectivity index (χ3n) is 2.99. The van der Waals surface area contributed by atoms with Gasteiger partial charge in [0.05, 0.1) is 25.0 Å². The van der Waals surface area contributed by atoms with Crippen LogP contribution in [-0.4, -0.2) is 19.5 Å². The van der Waals surface area contributed by atoms with Crippen LogP contribution in [0.1, 0.15) is 22.8 Å². The number of rotatable bonds is 5. The fourth-order valence-corrected chi connectivity index (χ4v) is 2.00. The van der Waals surface area contributed by atoms with Crippen molar-refractivity contribution in [3.8, 4) is 11.5 Å². The maximum Gasteiger partial charge on any atom is 0.196 e. The highest BCUT2D eigenvalue weighted by Gasteiger charge is 2.18. The summed E-state index contributed by atoms with van der Waals surface area (Å²) >= 11 is 0. The number of benzene rings is 2. The Hall–Kier alpha value is -2.56. The average Bonchev–Trinajstić information content (AvgIpc) is 2.48. The molecule has 0 amide bonds. The fourth-order valence-electron chi connectivity index (χ4n) is 2.00. The molecule has 110 valence electrons. The van der Waals surface area contributed by atoms with Gasteiger partial charge >= 0.3 is 0 Å². The second-order valence-electron chi connectivity index (χ2n) is 4.34. The van der Waals surface area contributed by atoms with E-state index in [0.29, 0.717) is 23.6 Å². The van der Waals surface area contributed by atoms with Gasteiger partial charge in [0, 0.05) is 5.56 Å². The number of nitrogens with two attached hydrogens (primary N) is 1. The van der Waals surface area contributed by atoms with Gasteiger partial charge in [-0.25, -0.2) is 4.39 Å². The van der Waals surface area contributed by atoms with Gasteiger partial charge in [-0.15, -0.1) is 0 Å². The summed E-state index contributed by atoms with van der Waals surface area (Å²) in [7, 11) is 1.37. The Morgan fingerprint density at radius 1 is 1.29 bits per heavy atom. The van der Waals surface area contributed by atoms with Crippen LogP contribution in [0.15, 0.2) is 36.4 Å². The van der Waals surface area contributed by atoms with Crippen molar-refractivity contribution in [2.75, 3.05) is 19.5 Å². The van der Waals surface area contributed by atoms with Gasteiger partial charge in [-0.2, -0.15) is 0 Å². The summed E-state index contributed by atoms with van der Waals surface area (Å²) in [6, 6.07) is 8.96. The predicted molar refractivity (Wildman–Crippen MR) is 78.4 cm³/mol. The van der Waals surface area contributed by atoms with Gasteiger partial charge < -0.3 is 15.2 Å². The minimum absolute atomic E-state index is 0.0872. The van der Waals surface area contributed by atoms with E-state index in [1.165, 1.54) is 19.2 Å². The number of ketones is 1. The summed E-state index contributed by atoms with van der Waals surface area (Å²) in [5.41, 5.74) is 6.71. The summed E-state index contributed by atoms with van der Waals surface area (Å²) in [6.45, 7) is 2.18. The van der Waals surface area contributed by atoms with Gasteiger partial charge in [0.2, 0.25) is 0 Å². The van der Waals surface area contributed by atoms with Gasteiger partial charge in [0.1, 0.15) is 0 Å². The number of carbonyl (C=O) groups is 1. The third kappa shape index (κ3) is 2.97. The number of carbonyl (C=O) groups excluding carboxylic acids is 1. The first-order chi connectivity index (χ1) is 10.1. The molecule has 0 saturated heterocycles. The lowest BCUT2D eigenvalue weighted by atomic mass is 10.0. The number of halogens is 1. The Morgan fingerprint density at radius 2 is 2.05 bits per heavy atom. The molecule has 2 aromatic rings. The minimum Gasteiger partial charge on any atom is -0.494 e. The Bertz CT molecular complexity index is 671. The van der Waals surface area contributed by atoms with Crippen molar-refractivity contribution in [3.63, 3.8) is 0 Å². The molecule has 0 aliphatic heterocycles. The smallest absolute Gasteiger partial charge is 0.196 e. The first-order valence-electron chi connectivity index (χ1n) is 6.48. The van der Waals surface area contributed by atoms with Crippen molar-refractivity contribution in [3.05, 3.63) is 53.3 Å². The summed E-state index contributed by atoms with van der Waals surface area (Å²) in [5, 5.41) is 0. The molecule has 0 fully saturated rings. The van der Waals surface area contributed by atoms with Crippen molar-refractivity contribution in [2.24, 2.45) is 0 Å². The highest BCUT2D eigenvalue weighted by Crippen LogP contribution is 2.29. The van der Waals surface area contributed by atoms with E-state index in [0.717, 1.165) is 6.07 Å². The van der Waals surface area contributed by atoms with E-state index in [4.69, 9.17) is 15.2 Å². The van der Waals surface area contributed by atoms with Crippen molar-refractivity contribution in [2.45, 2.75) is 6.92 Å². The summed E-state index contributed by atoms with van der Waals surface area (Å²) in [6.07, 6.45) is 0. The van der Waals surface area contributed by atoms with Crippen LogP contribution in [0, 0.1) is 5.82 Å². The number of para-hydroxylation sites is 1. The molecular formula is C16H16FNO3. The Kier molecular flexibility index (Phi) is 4.42. The lowest BCUT2D eigenvalue weighted by Crippen LogP contribution is -2.08. The molecule has 21 heavy (non-hydrogen) atoms. The summed E-state index contributed by atoms with van der Waals surface area (Å²) in [5.74, 6) is -0.539. The largest absolute Gasteiger partial charge is 0.494 e. The zero-order valence-corrected chi connectivity index (χ0v) is 11.9. The van der Waals surface area contributed by atoms with E-state index in [2.05, 4.69) is 0 Å². The van der Waals surface area contributed by atoms with E-state index in [9.17, 15) is 9.18 Å². The van der Waals surface area contributed by atoms with Crippen molar-refractivity contribution in [1.29, 1.82) is 0 Å². The van der Waals surface area contributed by atoms with Crippen LogP contribution in [0.3, 0.4) is 0 Å². The van der Waals surface area contributed by atoms with Crippen molar-refractivity contribution in [1.82, 2.24) is 0 Å². The average molecular weight is 289 g/mol. The van der Waals surface area contributed by atoms with E-state index in [1.807, 2.05) is 0 Å². The number of ether oxygens (including phenoxy) is 2. The highest BCUT2D eigenvalue weighted by molar-refractivity contribution is 6.11.